The van der Waals surface area contributed by atoms with Crippen LogP contribution < -0.4 is 10.2 Å². The number of benzene rings is 2. The maximum atomic E-state index is 13.7. The third-order valence-corrected chi connectivity index (χ3v) is 4.85. The van der Waals surface area contributed by atoms with E-state index in [1.165, 1.54) is 29.5 Å². The predicted molar refractivity (Wildman–Crippen MR) is 96.0 cm³/mol. The lowest BCUT2D eigenvalue weighted by Crippen LogP contribution is -2.36. The molecule has 7 heteroatoms. The normalized spacial score (nSPS) is 10.8. The second kappa shape index (κ2) is 7.57. The van der Waals surface area contributed by atoms with Gasteiger partial charge < -0.3 is 10.2 Å². The summed E-state index contributed by atoms with van der Waals surface area (Å²) in [5.74, 6) is -0.789. The SMILES string of the molecule is CN(CC(=O)NCCc1ccc(F)cc1)c1nc2c(F)cccc2s1. The summed E-state index contributed by atoms with van der Waals surface area (Å²) < 4.78 is 27.3. The first-order chi connectivity index (χ1) is 12.0. The molecule has 2 aromatic carbocycles. The largest absolute Gasteiger partial charge is 0.354 e. The number of carbonyl (C=O) groups is 1. The molecular weight excluding hydrogens is 344 g/mol. The Morgan fingerprint density at radius 3 is 2.68 bits per heavy atom. The lowest BCUT2D eigenvalue weighted by Gasteiger charge is -2.15. The van der Waals surface area contributed by atoms with Gasteiger partial charge in [-0.05, 0) is 36.2 Å². The van der Waals surface area contributed by atoms with Gasteiger partial charge in [0.25, 0.3) is 0 Å². The Hall–Kier alpha value is -2.54. The van der Waals surface area contributed by atoms with E-state index in [4.69, 9.17) is 0 Å². The molecule has 4 nitrogen and oxygen atoms in total. The number of thiazole rings is 1. The maximum absolute atomic E-state index is 13.7. The highest BCUT2D eigenvalue weighted by molar-refractivity contribution is 7.22. The van der Waals surface area contributed by atoms with Crippen molar-refractivity contribution in [2.45, 2.75) is 6.42 Å². The third kappa shape index (κ3) is 4.30. The zero-order valence-electron chi connectivity index (χ0n) is 13.6. The first-order valence-corrected chi connectivity index (χ1v) is 8.62. The quantitative estimate of drug-likeness (QED) is 0.732. The standard InChI is InChI=1S/C18H17F2N3OS/c1-23(18-22-17-14(20)3-2-4-15(17)25-18)11-16(24)21-10-9-12-5-7-13(19)8-6-12/h2-8H,9-11H2,1H3,(H,21,24). The van der Waals surface area contributed by atoms with Gasteiger partial charge in [-0.25, -0.2) is 13.8 Å². The first-order valence-electron chi connectivity index (χ1n) is 7.80. The van der Waals surface area contributed by atoms with Gasteiger partial charge in [-0.3, -0.25) is 4.79 Å². The molecule has 0 radical (unpaired) electrons. The Balaban J connectivity index is 1.53. The minimum Gasteiger partial charge on any atom is -0.354 e. The van der Waals surface area contributed by atoms with Crippen molar-refractivity contribution in [1.29, 1.82) is 0 Å². The van der Waals surface area contributed by atoms with Crippen molar-refractivity contribution in [3.05, 3.63) is 59.7 Å². The summed E-state index contributed by atoms with van der Waals surface area (Å²) in [5, 5.41) is 3.41. The van der Waals surface area contributed by atoms with E-state index in [1.807, 2.05) is 0 Å². The maximum Gasteiger partial charge on any atom is 0.239 e. The van der Waals surface area contributed by atoms with Gasteiger partial charge in [0.15, 0.2) is 5.13 Å². The molecule has 1 amide bonds. The summed E-state index contributed by atoms with van der Waals surface area (Å²) >= 11 is 1.34. The number of hydrogen-bond acceptors (Lipinski definition) is 4. The number of halogens is 2. The Kier molecular flexibility index (Phi) is 5.23. The number of fused-ring (bicyclic) bond motifs is 1. The van der Waals surface area contributed by atoms with Gasteiger partial charge in [-0.2, -0.15) is 0 Å². The summed E-state index contributed by atoms with van der Waals surface area (Å²) in [5.41, 5.74) is 1.28. The third-order valence-electron chi connectivity index (χ3n) is 3.71. The Labute approximate surface area is 148 Å². The minimum absolute atomic E-state index is 0.130. The predicted octanol–water partition coefficient (Wildman–Crippen LogP) is 3.37. The minimum atomic E-state index is -0.364. The summed E-state index contributed by atoms with van der Waals surface area (Å²) in [6.07, 6.45) is 0.627. The van der Waals surface area contributed by atoms with Gasteiger partial charge in [0, 0.05) is 13.6 Å². The number of nitrogens with zero attached hydrogens (tertiary/aromatic N) is 2. The molecule has 0 aliphatic carbocycles. The smallest absolute Gasteiger partial charge is 0.239 e. The highest BCUT2D eigenvalue weighted by Gasteiger charge is 2.13. The van der Waals surface area contributed by atoms with E-state index in [0.29, 0.717) is 23.6 Å². The highest BCUT2D eigenvalue weighted by atomic mass is 32.1. The zero-order chi connectivity index (χ0) is 17.8. The molecule has 0 fully saturated rings. The molecule has 0 aliphatic heterocycles. The number of anilines is 1. The molecule has 3 aromatic rings. The Morgan fingerprint density at radius 2 is 1.96 bits per heavy atom. The fourth-order valence-corrected chi connectivity index (χ4v) is 3.34. The number of carbonyl (C=O) groups excluding carboxylic acids is 1. The fraction of sp³-hybridized carbons (Fsp3) is 0.222. The number of rotatable bonds is 6. The molecule has 25 heavy (non-hydrogen) atoms. The number of aromatic nitrogens is 1. The van der Waals surface area contributed by atoms with Gasteiger partial charge >= 0.3 is 0 Å². The van der Waals surface area contributed by atoms with Gasteiger partial charge in [-0.15, -0.1) is 0 Å². The molecule has 1 N–H and O–H groups in total. The summed E-state index contributed by atoms with van der Waals surface area (Å²) in [7, 11) is 1.75. The van der Waals surface area contributed by atoms with Crippen LogP contribution in [0.3, 0.4) is 0 Å². The number of hydrogen-bond donors (Lipinski definition) is 1. The molecule has 0 aliphatic rings. The molecule has 0 bridgehead atoms. The molecule has 1 aromatic heterocycles. The number of amides is 1. The Bertz CT molecular complexity index is 880. The van der Waals surface area contributed by atoms with E-state index < -0.39 is 0 Å². The van der Waals surface area contributed by atoms with Crippen LogP contribution in [0, 0.1) is 11.6 Å². The van der Waals surface area contributed by atoms with E-state index in [0.717, 1.165) is 10.3 Å². The highest BCUT2D eigenvalue weighted by Crippen LogP contribution is 2.29. The zero-order valence-corrected chi connectivity index (χ0v) is 14.4. The van der Waals surface area contributed by atoms with Crippen LogP contribution in [0.4, 0.5) is 13.9 Å². The summed E-state index contributed by atoms with van der Waals surface area (Å²) in [4.78, 5) is 18.0. The van der Waals surface area contributed by atoms with Crippen LogP contribution in [0.2, 0.25) is 0 Å². The van der Waals surface area contributed by atoms with E-state index in [2.05, 4.69) is 10.3 Å². The molecular formula is C18H17F2N3OS. The fourth-order valence-electron chi connectivity index (χ4n) is 2.40. The molecule has 0 atom stereocenters. The van der Waals surface area contributed by atoms with Gasteiger partial charge in [0.1, 0.15) is 17.2 Å². The average Bonchev–Trinajstić information content (AvgIpc) is 3.02. The molecule has 0 saturated heterocycles. The van der Waals surface area contributed by atoms with Crippen LogP contribution >= 0.6 is 11.3 Å². The second-order valence-electron chi connectivity index (χ2n) is 5.67. The van der Waals surface area contributed by atoms with E-state index >= 15 is 0 Å². The molecule has 3 rings (SSSR count). The molecule has 0 unspecified atom stereocenters. The molecule has 0 saturated carbocycles. The van der Waals surface area contributed by atoms with Crippen molar-refractivity contribution in [3.63, 3.8) is 0 Å². The van der Waals surface area contributed by atoms with Gasteiger partial charge in [-0.1, -0.05) is 29.5 Å². The lowest BCUT2D eigenvalue weighted by molar-refractivity contribution is -0.119. The van der Waals surface area contributed by atoms with E-state index in [-0.39, 0.29) is 24.1 Å². The van der Waals surface area contributed by atoms with Crippen molar-refractivity contribution in [2.75, 3.05) is 25.0 Å². The Morgan fingerprint density at radius 1 is 1.20 bits per heavy atom. The van der Waals surface area contributed by atoms with Gasteiger partial charge in [0.2, 0.25) is 5.91 Å². The van der Waals surface area contributed by atoms with Crippen molar-refractivity contribution in [1.82, 2.24) is 10.3 Å². The van der Waals surface area contributed by atoms with Crippen LogP contribution in [0.15, 0.2) is 42.5 Å². The summed E-state index contributed by atoms with van der Waals surface area (Å²) in [6.45, 7) is 0.595. The molecule has 0 spiro atoms. The van der Waals surface area contributed by atoms with Crippen molar-refractivity contribution >= 4 is 32.6 Å². The van der Waals surface area contributed by atoms with E-state index in [1.54, 1.807) is 36.2 Å². The van der Waals surface area contributed by atoms with Crippen molar-refractivity contribution in [3.8, 4) is 0 Å². The average molecular weight is 361 g/mol. The molecule has 1 heterocycles. The summed E-state index contributed by atoms with van der Waals surface area (Å²) in [6, 6.07) is 11.0. The monoisotopic (exact) mass is 361 g/mol. The number of nitrogens with one attached hydrogen (secondary N) is 1. The molecule has 130 valence electrons. The van der Waals surface area contributed by atoms with Crippen LogP contribution in [0.1, 0.15) is 5.56 Å². The van der Waals surface area contributed by atoms with Crippen molar-refractivity contribution < 1.29 is 13.6 Å². The number of para-hydroxylation sites is 1. The van der Waals surface area contributed by atoms with Crippen molar-refractivity contribution in [2.24, 2.45) is 0 Å². The lowest BCUT2D eigenvalue weighted by atomic mass is 10.1. The van der Waals surface area contributed by atoms with Crippen LogP contribution in [0.25, 0.3) is 10.2 Å². The van der Waals surface area contributed by atoms with Crippen LogP contribution in [-0.2, 0) is 11.2 Å². The van der Waals surface area contributed by atoms with Gasteiger partial charge in [0.05, 0.1) is 11.2 Å². The number of likely N-dealkylation sites (N-methyl/N-ethyl adjacent to an activating group) is 1. The van der Waals surface area contributed by atoms with E-state index in [9.17, 15) is 13.6 Å². The second-order valence-corrected chi connectivity index (χ2v) is 6.67. The topological polar surface area (TPSA) is 45.2 Å². The van der Waals surface area contributed by atoms with Crippen LogP contribution in [0.5, 0.6) is 0 Å². The van der Waals surface area contributed by atoms with Crippen LogP contribution in [-0.4, -0.2) is 31.0 Å². The first kappa shape index (κ1) is 17.3.